The predicted molar refractivity (Wildman–Crippen MR) is 47.8 cm³/mol. The van der Waals surface area contributed by atoms with Gasteiger partial charge in [0.2, 0.25) is 0 Å². The van der Waals surface area contributed by atoms with Gasteiger partial charge in [0.25, 0.3) is 0 Å². The maximum absolute atomic E-state index is 5.36. The van der Waals surface area contributed by atoms with Crippen LogP contribution in [-0.2, 0) is 14.2 Å². The van der Waals surface area contributed by atoms with Gasteiger partial charge in [-0.25, -0.2) is 0 Å². The molecule has 0 aromatic heterocycles. The molecule has 3 nitrogen and oxygen atoms in total. The number of hydrogen-bond acceptors (Lipinski definition) is 3. The molecule has 4 heteroatoms. The Kier molecular flexibility index (Phi) is 7.00. The van der Waals surface area contributed by atoms with Gasteiger partial charge in [0.1, 0.15) is 0 Å². The molecule has 0 aromatic carbocycles. The molecule has 0 aromatic rings. The van der Waals surface area contributed by atoms with Gasteiger partial charge in [0.05, 0.1) is 0 Å². The van der Waals surface area contributed by atoms with Crippen molar-refractivity contribution in [1.82, 2.24) is 0 Å². The number of hydrogen-bond donors (Lipinski definition) is 0. The van der Waals surface area contributed by atoms with Crippen molar-refractivity contribution in [3.63, 3.8) is 0 Å². The van der Waals surface area contributed by atoms with Crippen LogP contribution in [0.15, 0.2) is 0 Å². The number of ether oxygens (including phenoxy) is 3. The second kappa shape index (κ2) is 8.02. The molecule has 0 radical (unpaired) electrons. The van der Waals surface area contributed by atoms with Gasteiger partial charge in [-0.2, -0.15) is 0 Å². The minimum atomic E-state index is 0.705. The van der Waals surface area contributed by atoms with Crippen LogP contribution in [0.25, 0.3) is 0 Å². The zero-order valence-corrected chi connectivity index (χ0v) is 9.00. The summed E-state index contributed by atoms with van der Waals surface area (Å²) in [6.45, 7) is 4.66. The van der Waals surface area contributed by atoms with E-state index in [9.17, 15) is 0 Å². The van der Waals surface area contributed by atoms with Crippen molar-refractivity contribution >= 4 is 15.0 Å². The Morgan fingerprint density at radius 1 is 0.583 bits per heavy atom. The van der Waals surface area contributed by atoms with Gasteiger partial charge >= 0.3 is 79.4 Å². The molecule has 0 bridgehead atoms. The minimum absolute atomic E-state index is 0.705. The molecule has 1 aliphatic rings. The van der Waals surface area contributed by atoms with Gasteiger partial charge < -0.3 is 0 Å². The molecule has 12 heavy (non-hydrogen) atoms. The van der Waals surface area contributed by atoms with Crippen LogP contribution in [0.3, 0.4) is 0 Å². The van der Waals surface area contributed by atoms with Crippen molar-refractivity contribution in [2.45, 2.75) is 10.6 Å². The van der Waals surface area contributed by atoms with Gasteiger partial charge in [-0.15, -0.1) is 0 Å². The van der Waals surface area contributed by atoms with Crippen LogP contribution in [0.5, 0.6) is 0 Å². The van der Waals surface area contributed by atoms with E-state index in [1.54, 1.807) is 0 Å². The maximum atomic E-state index is 5.36. The van der Waals surface area contributed by atoms with Gasteiger partial charge in [-0.3, -0.25) is 0 Å². The fourth-order valence-corrected chi connectivity index (χ4v) is 2.30. The van der Waals surface area contributed by atoms with Gasteiger partial charge in [0.15, 0.2) is 0 Å². The van der Waals surface area contributed by atoms with E-state index in [0.29, 0.717) is 28.2 Å². The molecule has 0 unspecified atom stereocenters. The molecule has 0 saturated carbocycles. The summed E-state index contributed by atoms with van der Waals surface area (Å²) in [5, 5.41) is 2.41. The average Bonchev–Trinajstić information content (AvgIpc) is 2.05. The number of rotatable bonds is 0. The Labute approximate surface area is 79.9 Å². The molecule has 1 aliphatic heterocycles. The molecule has 0 spiro atoms. The summed E-state index contributed by atoms with van der Waals surface area (Å²) in [7, 11) is 0. The van der Waals surface area contributed by atoms with E-state index < -0.39 is 0 Å². The van der Waals surface area contributed by atoms with Crippen LogP contribution in [0, 0.1) is 0 Å². The Hall–Kier alpha value is 0.399. The Morgan fingerprint density at radius 3 is 1.50 bits per heavy atom. The van der Waals surface area contributed by atoms with E-state index in [1.165, 1.54) is 10.6 Å². The van der Waals surface area contributed by atoms with Crippen LogP contribution in [0.2, 0.25) is 10.6 Å². The first-order chi connectivity index (χ1) is 6.00. The molecule has 1 heterocycles. The molecular formula is C8H16O3Se. The molecule has 1 fully saturated rings. The van der Waals surface area contributed by atoms with Crippen molar-refractivity contribution in [3.05, 3.63) is 0 Å². The summed E-state index contributed by atoms with van der Waals surface area (Å²) in [6.07, 6.45) is 0. The van der Waals surface area contributed by atoms with Crippen LogP contribution in [-0.4, -0.2) is 54.6 Å². The van der Waals surface area contributed by atoms with Gasteiger partial charge in [0, 0.05) is 0 Å². The zero-order valence-electron chi connectivity index (χ0n) is 7.29. The summed E-state index contributed by atoms with van der Waals surface area (Å²) < 4.78 is 16.0. The topological polar surface area (TPSA) is 27.7 Å². The first-order valence-electron chi connectivity index (χ1n) is 4.31. The fourth-order valence-electron chi connectivity index (χ4n) is 0.880. The van der Waals surface area contributed by atoms with Crippen LogP contribution in [0.4, 0.5) is 0 Å². The van der Waals surface area contributed by atoms with Crippen LogP contribution >= 0.6 is 0 Å². The Bertz CT molecular complexity index is 57.3. The summed E-state index contributed by atoms with van der Waals surface area (Å²) in [5.41, 5.74) is 0. The quantitative estimate of drug-likeness (QED) is 0.579. The van der Waals surface area contributed by atoms with E-state index in [-0.39, 0.29) is 0 Å². The van der Waals surface area contributed by atoms with Gasteiger partial charge in [-0.1, -0.05) is 0 Å². The standard InChI is InChI=1S/C8H16O3Se/c1-3-10-5-7-12-8-6-11-4-2-9-1/h1-8H2. The first-order valence-corrected chi connectivity index (χ1v) is 6.73. The van der Waals surface area contributed by atoms with Crippen LogP contribution in [0.1, 0.15) is 0 Å². The summed E-state index contributed by atoms with van der Waals surface area (Å²) in [4.78, 5) is 0. The van der Waals surface area contributed by atoms with Crippen molar-refractivity contribution in [2.24, 2.45) is 0 Å². The molecule has 0 amide bonds. The zero-order chi connectivity index (χ0) is 8.49. The van der Waals surface area contributed by atoms with Gasteiger partial charge in [-0.05, 0) is 0 Å². The van der Waals surface area contributed by atoms with E-state index in [1.807, 2.05) is 0 Å². The molecule has 0 aliphatic carbocycles. The van der Waals surface area contributed by atoms with Crippen molar-refractivity contribution in [2.75, 3.05) is 39.6 Å². The van der Waals surface area contributed by atoms with Crippen molar-refractivity contribution in [3.8, 4) is 0 Å². The predicted octanol–water partition coefficient (Wildman–Crippen LogP) is 0.591. The molecular weight excluding hydrogens is 223 g/mol. The molecule has 1 saturated heterocycles. The van der Waals surface area contributed by atoms with E-state index in [4.69, 9.17) is 14.2 Å². The molecule has 0 atom stereocenters. The Balaban J connectivity index is 2.00. The third kappa shape index (κ3) is 5.98. The van der Waals surface area contributed by atoms with Crippen molar-refractivity contribution in [1.29, 1.82) is 0 Å². The van der Waals surface area contributed by atoms with Crippen molar-refractivity contribution < 1.29 is 14.2 Å². The van der Waals surface area contributed by atoms with Crippen LogP contribution < -0.4 is 0 Å². The fraction of sp³-hybridized carbons (Fsp3) is 1.00. The van der Waals surface area contributed by atoms with E-state index in [0.717, 1.165) is 26.4 Å². The summed E-state index contributed by atoms with van der Waals surface area (Å²) >= 11 is 0.708. The summed E-state index contributed by atoms with van der Waals surface area (Å²) in [5.74, 6) is 0. The second-order valence-electron chi connectivity index (χ2n) is 2.45. The average molecular weight is 239 g/mol. The molecule has 1 rings (SSSR count). The third-order valence-corrected chi connectivity index (χ3v) is 3.40. The summed E-state index contributed by atoms with van der Waals surface area (Å²) in [6, 6.07) is 0. The third-order valence-electron chi connectivity index (χ3n) is 1.49. The molecule has 72 valence electrons. The van der Waals surface area contributed by atoms with E-state index in [2.05, 4.69) is 0 Å². The Morgan fingerprint density at radius 2 is 1.00 bits per heavy atom. The van der Waals surface area contributed by atoms with E-state index >= 15 is 0 Å². The SMILES string of the molecule is C1COCC[Se]CCOCCO1. The molecule has 0 N–H and O–H groups in total. The normalized spacial score (nSPS) is 24.0. The monoisotopic (exact) mass is 240 g/mol. The first kappa shape index (κ1) is 10.5. The second-order valence-corrected chi connectivity index (χ2v) is 5.02.